The van der Waals surface area contributed by atoms with Gasteiger partial charge >= 0.3 is 12.2 Å². The van der Waals surface area contributed by atoms with Gasteiger partial charge in [0.25, 0.3) is 0 Å². The van der Waals surface area contributed by atoms with Crippen LogP contribution in [0.5, 0.6) is 0 Å². The Morgan fingerprint density at radius 1 is 1.41 bits per heavy atom. The Hall–Kier alpha value is -2.46. The van der Waals surface area contributed by atoms with E-state index in [1.165, 1.54) is 12.1 Å². The number of benzene rings is 1. The van der Waals surface area contributed by atoms with Crippen LogP contribution < -0.4 is 10.6 Å². The topological polar surface area (TPSA) is 100 Å². The summed E-state index contributed by atoms with van der Waals surface area (Å²) in [6.07, 6.45) is -0.489. The molecule has 0 radical (unpaired) electrons. The molecule has 0 spiro atoms. The summed E-state index contributed by atoms with van der Waals surface area (Å²) in [6.45, 7) is 2.27. The van der Waals surface area contributed by atoms with Gasteiger partial charge in [0.05, 0.1) is 23.4 Å². The summed E-state index contributed by atoms with van der Waals surface area (Å²) < 4.78 is 9.11. The van der Waals surface area contributed by atoms with Crippen LogP contribution in [0.1, 0.15) is 19.8 Å². The molecular weight excluding hydrogens is 310 g/mol. The highest BCUT2D eigenvalue weighted by Crippen LogP contribution is 2.25. The quantitative estimate of drug-likeness (QED) is 0.357. The van der Waals surface area contributed by atoms with Gasteiger partial charge in [-0.25, -0.2) is 9.59 Å². The Morgan fingerprint density at radius 3 is 2.82 bits per heavy atom. The zero-order valence-corrected chi connectivity index (χ0v) is 12.8. The van der Waals surface area contributed by atoms with E-state index in [0.717, 1.165) is 6.42 Å². The lowest BCUT2D eigenvalue weighted by atomic mass is 10.3. The van der Waals surface area contributed by atoms with Crippen LogP contribution in [0.4, 0.5) is 21.0 Å². The van der Waals surface area contributed by atoms with Crippen molar-refractivity contribution in [1.82, 2.24) is 0 Å². The summed E-state index contributed by atoms with van der Waals surface area (Å²) in [5, 5.41) is 13.8. The molecule has 0 atom stereocenters. The van der Waals surface area contributed by atoms with Crippen LogP contribution in [0, 0.1) is 11.3 Å². The molecule has 1 aromatic rings. The molecule has 0 aliphatic rings. The van der Waals surface area contributed by atoms with Crippen molar-refractivity contribution in [1.29, 1.82) is 5.26 Å². The summed E-state index contributed by atoms with van der Waals surface area (Å²) in [5.74, 6) is 0. The summed E-state index contributed by atoms with van der Waals surface area (Å²) in [7, 11) is 0. The second-order valence-corrected chi connectivity index (χ2v) is 4.58. The van der Waals surface area contributed by atoms with Gasteiger partial charge in [-0.3, -0.25) is 5.32 Å². The van der Waals surface area contributed by atoms with Crippen LogP contribution in [0.15, 0.2) is 18.2 Å². The average molecular weight is 326 g/mol. The first-order valence-corrected chi connectivity index (χ1v) is 7.00. The molecule has 118 valence electrons. The van der Waals surface area contributed by atoms with Crippen molar-refractivity contribution in [2.45, 2.75) is 19.8 Å². The summed E-state index contributed by atoms with van der Waals surface area (Å²) in [4.78, 5) is 22.7. The number of carbonyl (C=O) groups is 2. The standard InChI is InChI=1S/C14H16ClN3O4/c1-2-3-8-21-14(20)22-13(19)18-12-5-4-10(9-11(12)15)17-7-6-16/h4-5,9,17H,2-3,7-8H2,1H3,(H,18,19). The molecule has 1 amide bonds. The molecule has 0 aliphatic carbocycles. The molecule has 1 rings (SSSR count). The van der Waals surface area contributed by atoms with Gasteiger partial charge in [-0.2, -0.15) is 5.26 Å². The van der Waals surface area contributed by atoms with E-state index in [0.29, 0.717) is 12.1 Å². The molecule has 0 saturated carbocycles. The minimum atomic E-state index is -1.06. The molecule has 1 aromatic carbocycles. The molecular formula is C14H16ClN3O4. The van der Waals surface area contributed by atoms with E-state index < -0.39 is 12.2 Å². The van der Waals surface area contributed by atoms with E-state index in [4.69, 9.17) is 16.9 Å². The van der Waals surface area contributed by atoms with Crippen molar-refractivity contribution in [3.8, 4) is 6.07 Å². The van der Waals surface area contributed by atoms with E-state index in [2.05, 4.69) is 20.1 Å². The Balaban J connectivity index is 2.50. The van der Waals surface area contributed by atoms with Gasteiger partial charge in [0.2, 0.25) is 0 Å². The molecule has 0 heterocycles. The molecule has 0 saturated heterocycles. The third-order valence-electron chi connectivity index (χ3n) is 2.47. The van der Waals surface area contributed by atoms with Gasteiger partial charge in [-0.1, -0.05) is 24.9 Å². The second-order valence-electron chi connectivity index (χ2n) is 4.17. The number of rotatable bonds is 6. The van der Waals surface area contributed by atoms with Crippen LogP contribution in [-0.2, 0) is 9.47 Å². The maximum atomic E-state index is 11.5. The minimum Gasteiger partial charge on any atom is -0.434 e. The molecule has 7 nitrogen and oxygen atoms in total. The number of carbonyl (C=O) groups excluding carboxylic acids is 2. The molecule has 22 heavy (non-hydrogen) atoms. The maximum absolute atomic E-state index is 11.5. The fourth-order valence-electron chi connectivity index (χ4n) is 1.41. The molecule has 0 bridgehead atoms. The highest BCUT2D eigenvalue weighted by molar-refractivity contribution is 6.34. The van der Waals surface area contributed by atoms with Gasteiger partial charge in [-0.15, -0.1) is 0 Å². The number of nitrogens with one attached hydrogen (secondary N) is 2. The highest BCUT2D eigenvalue weighted by Gasteiger charge is 2.13. The number of nitriles is 1. The van der Waals surface area contributed by atoms with Crippen molar-refractivity contribution in [3.05, 3.63) is 23.2 Å². The number of nitrogens with zero attached hydrogens (tertiary/aromatic N) is 1. The fraction of sp³-hybridized carbons (Fsp3) is 0.357. The van der Waals surface area contributed by atoms with Crippen molar-refractivity contribution in [2.75, 3.05) is 23.8 Å². The van der Waals surface area contributed by atoms with E-state index in [1.807, 2.05) is 13.0 Å². The fourth-order valence-corrected chi connectivity index (χ4v) is 1.64. The van der Waals surface area contributed by atoms with Crippen molar-refractivity contribution in [3.63, 3.8) is 0 Å². The first kappa shape index (κ1) is 17.6. The predicted octanol–water partition coefficient (Wildman–Crippen LogP) is 3.76. The summed E-state index contributed by atoms with van der Waals surface area (Å²) in [5.41, 5.74) is 0.903. The number of amides is 1. The van der Waals surface area contributed by atoms with E-state index in [-0.39, 0.29) is 23.9 Å². The first-order valence-electron chi connectivity index (χ1n) is 6.62. The van der Waals surface area contributed by atoms with Gasteiger partial charge in [-0.05, 0) is 24.6 Å². The lowest BCUT2D eigenvalue weighted by Crippen LogP contribution is -2.19. The third kappa shape index (κ3) is 6.33. The van der Waals surface area contributed by atoms with Gasteiger partial charge < -0.3 is 14.8 Å². The highest BCUT2D eigenvalue weighted by atomic mass is 35.5. The van der Waals surface area contributed by atoms with Crippen LogP contribution in [-0.4, -0.2) is 25.4 Å². The molecule has 0 fully saturated rings. The second kappa shape index (κ2) is 9.47. The van der Waals surface area contributed by atoms with Gasteiger partial charge in [0.15, 0.2) is 0 Å². The lowest BCUT2D eigenvalue weighted by Gasteiger charge is -2.09. The minimum absolute atomic E-state index is 0.134. The SMILES string of the molecule is CCCCOC(=O)OC(=O)Nc1ccc(NCC#N)cc1Cl. The number of hydrogen-bond acceptors (Lipinski definition) is 6. The van der Waals surface area contributed by atoms with Gasteiger partial charge in [0.1, 0.15) is 6.54 Å². The molecule has 8 heteroatoms. The van der Waals surface area contributed by atoms with Gasteiger partial charge in [0, 0.05) is 5.69 Å². The normalized spacial score (nSPS) is 9.50. The van der Waals surface area contributed by atoms with E-state index >= 15 is 0 Å². The van der Waals surface area contributed by atoms with Crippen LogP contribution in [0.2, 0.25) is 5.02 Å². The number of halogens is 1. The van der Waals surface area contributed by atoms with Crippen molar-refractivity contribution >= 4 is 35.2 Å². The average Bonchev–Trinajstić information content (AvgIpc) is 2.48. The first-order chi connectivity index (χ1) is 10.6. The summed E-state index contributed by atoms with van der Waals surface area (Å²) >= 11 is 5.98. The van der Waals surface area contributed by atoms with E-state index in [9.17, 15) is 9.59 Å². The predicted molar refractivity (Wildman–Crippen MR) is 81.9 cm³/mol. The van der Waals surface area contributed by atoms with Crippen LogP contribution in [0.3, 0.4) is 0 Å². The van der Waals surface area contributed by atoms with Crippen LogP contribution in [0.25, 0.3) is 0 Å². The van der Waals surface area contributed by atoms with Crippen molar-refractivity contribution in [2.24, 2.45) is 0 Å². The Bertz CT molecular complexity index is 572. The Morgan fingerprint density at radius 2 is 2.18 bits per heavy atom. The Kier molecular flexibility index (Phi) is 7.57. The number of anilines is 2. The summed E-state index contributed by atoms with van der Waals surface area (Å²) in [6, 6.07) is 6.61. The van der Waals surface area contributed by atoms with Crippen molar-refractivity contribution < 1.29 is 19.1 Å². The third-order valence-corrected chi connectivity index (χ3v) is 2.78. The Labute approximate surface area is 133 Å². The number of unbranched alkanes of at least 4 members (excludes halogenated alkanes) is 1. The number of ether oxygens (including phenoxy) is 2. The lowest BCUT2D eigenvalue weighted by molar-refractivity contribution is 0.0786. The largest absolute Gasteiger partial charge is 0.517 e. The maximum Gasteiger partial charge on any atom is 0.517 e. The monoisotopic (exact) mass is 325 g/mol. The molecule has 0 unspecified atom stereocenters. The van der Waals surface area contributed by atoms with E-state index in [1.54, 1.807) is 6.07 Å². The zero-order valence-electron chi connectivity index (χ0n) is 12.0. The molecule has 0 aliphatic heterocycles. The molecule has 0 aromatic heterocycles. The zero-order chi connectivity index (χ0) is 16.4. The van der Waals surface area contributed by atoms with Crippen LogP contribution >= 0.6 is 11.6 Å². The molecule has 2 N–H and O–H groups in total. The number of hydrogen-bond donors (Lipinski definition) is 2. The smallest absolute Gasteiger partial charge is 0.434 e.